The molecule has 25 heavy (non-hydrogen) atoms. The second-order valence-corrected chi connectivity index (χ2v) is 5.29. The predicted molar refractivity (Wildman–Crippen MR) is 95.8 cm³/mol. The smallest absolute Gasteiger partial charge is 0.138 e. The standard InChI is InChI=1S/C19H14N4O.H2O/c24-14-9-7-13(8-10-14)19-22-17(15-5-1-3-11-20-15)18(23-19)16-6-2-4-12-21-16;/h1-12,24H,(H,22,23);1H2. The van der Waals surface area contributed by atoms with Crippen molar-refractivity contribution in [1.29, 1.82) is 0 Å². The number of nitrogens with zero attached hydrogens (tertiary/aromatic N) is 3. The summed E-state index contributed by atoms with van der Waals surface area (Å²) in [4.78, 5) is 16.9. The van der Waals surface area contributed by atoms with E-state index in [1.54, 1.807) is 24.5 Å². The topological polar surface area (TPSA) is 106 Å². The number of phenolic OH excluding ortho intramolecular Hbond substituents is 1. The van der Waals surface area contributed by atoms with Crippen LogP contribution in [0.25, 0.3) is 34.2 Å². The number of rotatable bonds is 3. The first kappa shape index (κ1) is 16.4. The first-order chi connectivity index (χ1) is 11.8. The van der Waals surface area contributed by atoms with Gasteiger partial charge in [-0.05, 0) is 48.5 Å². The number of nitrogens with one attached hydrogen (secondary N) is 1. The van der Waals surface area contributed by atoms with Crippen LogP contribution in [-0.4, -0.2) is 30.5 Å². The normalized spacial score (nSPS) is 10.2. The molecule has 0 bridgehead atoms. The van der Waals surface area contributed by atoms with E-state index in [9.17, 15) is 5.11 Å². The molecule has 6 heteroatoms. The van der Waals surface area contributed by atoms with Crippen molar-refractivity contribution in [3.8, 4) is 39.9 Å². The largest absolute Gasteiger partial charge is 0.508 e. The lowest BCUT2D eigenvalue weighted by atomic mass is 10.2. The summed E-state index contributed by atoms with van der Waals surface area (Å²) >= 11 is 0. The van der Waals surface area contributed by atoms with Gasteiger partial charge in [0.1, 0.15) is 17.3 Å². The van der Waals surface area contributed by atoms with E-state index >= 15 is 0 Å². The van der Waals surface area contributed by atoms with E-state index in [1.165, 1.54) is 0 Å². The Morgan fingerprint density at radius 3 is 2.00 bits per heavy atom. The second kappa shape index (κ2) is 6.94. The average Bonchev–Trinajstić information content (AvgIpc) is 3.09. The molecule has 124 valence electrons. The molecule has 0 saturated heterocycles. The number of hydrogen-bond donors (Lipinski definition) is 2. The molecule has 4 rings (SSSR count). The third-order valence-corrected chi connectivity index (χ3v) is 3.67. The summed E-state index contributed by atoms with van der Waals surface area (Å²) in [6, 6.07) is 18.4. The maximum atomic E-state index is 9.47. The van der Waals surface area contributed by atoms with Crippen molar-refractivity contribution in [2.75, 3.05) is 0 Å². The molecule has 0 spiro atoms. The van der Waals surface area contributed by atoms with E-state index in [4.69, 9.17) is 4.98 Å². The summed E-state index contributed by atoms with van der Waals surface area (Å²) in [5.74, 6) is 0.927. The minimum atomic E-state index is 0. The van der Waals surface area contributed by atoms with Gasteiger partial charge in [0.25, 0.3) is 0 Å². The lowest BCUT2D eigenvalue weighted by Crippen LogP contribution is -1.88. The average molecular weight is 332 g/mol. The van der Waals surface area contributed by atoms with Crippen LogP contribution in [0.4, 0.5) is 0 Å². The number of aromatic hydroxyl groups is 1. The van der Waals surface area contributed by atoms with Crippen LogP contribution in [0.3, 0.4) is 0 Å². The minimum Gasteiger partial charge on any atom is -0.508 e. The minimum absolute atomic E-state index is 0. The van der Waals surface area contributed by atoms with Crippen molar-refractivity contribution in [2.45, 2.75) is 0 Å². The molecule has 0 unspecified atom stereocenters. The van der Waals surface area contributed by atoms with Crippen molar-refractivity contribution >= 4 is 0 Å². The Balaban J connectivity index is 0.00000182. The van der Waals surface area contributed by atoms with Crippen LogP contribution in [0, 0.1) is 0 Å². The van der Waals surface area contributed by atoms with Gasteiger partial charge in [0.05, 0.1) is 17.1 Å². The van der Waals surface area contributed by atoms with Crippen LogP contribution in [0.5, 0.6) is 5.75 Å². The molecule has 1 aromatic carbocycles. The Labute approximate surface area is 144 Å². The molecular formula is C19H16N4O2. The Kier molecular flexibility index (Phi) is 4.54. The van der Waals surface area contributed by atoms with Gasteiger partial charge in [-0.1, -0.05) is 12.1 Å². The predicted octanol–water partition coefficient (Wildman–Crippen LogP) is 3.08. The van der Waals surface area contributed by atoms with Gasteiger partial charge in [-0.25, -0.2) is 4.98 Å². The number of imidazole rings is 1. The summed E-state index contributed by atoms with van der Waals surface area (Å²) in [6.07, 6.45) is 3.49. The SMILES string of the molecule is O.Oc1ccc(-c2nc(-c3ccccn3)c(-c3ccccn3)[nH]2)cc1. The summed E-state index contributed by atoms with van der Waals surface area (Å²) in [5, 5.41) is 9.47. The van der Waals surface area contributed by atoms with E-state index in [2.05, 4.69) is 15.0 Å². The molecule has 0 atom stereocenters. The van der Waals surface area contributed by atoms with E-state index < -0.39 is 0 Å². The molecule has 0 amide bonds. The van der Waals surface area contributed by atoms with Crippen LogP contribution in [0.15, 0.2) is 73.1 Å². The number of benzene rings is 1. The highest BCUT2D eigenvalue weighted by atomic mass is 16.3. The van der Waals surface area contributed by atoms with Gasteiger partial charge >= 0.3 is 0 Å². The number of aromatic amines is 1. The zero-order valence-electron chi connectivity index (χ0n) is 13.2. The molecular weight excluding hydrogens is 316 g/mol. The number of H-pyrrole nitrogens is 1. The van der Waals surface area contributed by atoms with E-state index in [0.717, 1.165) is 28.3 Å². The molecule has 4 N–H and O–H groups in total. The quantitative estimate of drug-likeness (QED) is 0.601. The van der Waals surface area contributed by atoms with Gasteiger partial charge in [0, 0.05) is 18.0 Å². The van der Waals surface area contributed by atoms with Crippen LogP contribution < -0.4 is 0 Å². The van der Waals surface area contributed by atoms with E-state index in [1.807, 2.05) is 48.5 Å². The monoisotopic (exact) mass is 332 g/mol. The summed E-state index contributed by atoms with van der Waals surface area (Å²) in [5.41, 5.74) is 4.03. The Morgan fingerprint density at radius 1 is 0.760 bits per heavy atom. The van der Waals surface area contributed by atoms with Gasteiger partial charge in [-0.2, -0.15) is 0 Å². The van der Waals surface area contributed by atoms with Crippen molar-refractivity contribution in [3.05, 3.63) is 73.1 Å². The van der Waals surface area contributed by atoms with Crippen molar-refractivity contribution in [3.63, 3.8) is 0 Å². The lowest BCUT2D eigenvalue weighted by Gasteiger charge is -2.00. The summed E-state index contributed by atoms with van der Waals surface area (Å²) in [7, 11) is 0. The van der Waals surface area contributed by atoms with E-state index in [0.29, 0.717) is 5.82 Å². The van der Waals surface area contributed by atoms with Gasteiger partial charge < -0.3 is 15.6 Å². The molecule has 3 heterocycles. The van der Waals surface area contributed by atoms with Crippen LogP contribution >= 0.6 is 0 Å². The summed E-state index contributed by atoms with van der Waals surface area (Å²) < 4.78 is 0. The van der Waals surface area contributed by atoms with Crippen LogP contribution in [0.1, 0.15) is 0 Å². The number of aromatic nitrogens is 4. The molecule has 6 nitrogen and oxygen atoms in total. The first-order valence-corrected chi connectivity index (χ1v) is 7.53. The molecule has 0 aliphatic rings. The lowest BCUT2D eigenvalue weighted by molar-refractivity contribution is 0.475. The van der Waals surface area contributed by atoms with Gasteiger partial charge in [0.2, 0.25) is 0 Å². The highest BCUT2D eigenvalue weighted by molar-refractivity contribution is 5.78. The zero-order valence-corrected chi connectivity index (χ0v) is 13.2. The zero-order chi connectivity index (χ0) is 16.4. The number of hydrogen-bond acceptors (Lipinski definition) is 4. The molecule has 3 aromatic heterocycles. The fraction of sp³-hybridized carbons (Fsp3) is 0. The van der Waals surface area contributed by atoms with Crippen molar-refractivity contribution < 1.29 is 10.6 Å². The van der Waals surface area contributed by atoms with Gasteiger partial charge in [0.15, 0.2) is 0 Å². The molecule has 0 fully saturated rings. The fourth-order valence-corrected chi connectivity index (χ4v) is 2.51. The summed E-state index contributed by atoms with van der Waals surface area (Å²) in [6.45, 7) is 0. The number of pyridine rings is 2. The maximum Gasteiger partial charge on any atom is 0.138 e. The van der Waals surface area contributed by atoms with Crippen LogP contribution in [-0.2, 0) is 0 Å². The molecule has 0 radical (unpaired) electrons. The Hall–Kier alpha value is -3.51. The first-order valence-electron chi connectivity index (χ1n) is 7.53. The number of phenols is 1. The highest BCUT2D eigenvalue weighted by Crippen LogP contribution is 2.31. The highest BCUT2D eigenvalue weighted by Gasteiger charge is 2.16. The van der Waals surface area contributed by atoms with Crippen LogP contribution in [0.2, 0.25) is 0 Å². The Morgan fingerprint density at radius 2 is 1.40 bits per heavy atom. The third-order valence-electron chi connectivity index (χ3n) is 3.67. The van der Waals surface area contributed by atoms with Crippen molar-refractivity contribution in [2.24, 2.45) is 0 Å². The third kappa shape index (κ3) is 3.24. The maximum absolute atomic E-state index is 9.47. The van der Waals surface area contributed by atoms with Gasteiger partial charge in [-0.15, -0.1) is 0 Å². The second-order valence-electron chi connectivity index (χ2n) is 5.29. The fourth-order valence-electron chi connectivity index (χ4n) is 2.51. The van der Waals surface area contributed by atoms with E-state index in [-0.39, 0.29) is 11.2 Å². The molecule has 4 aromatic rings. The van der Waals surface area contributed by atoms with Crippen molar-refractivity contribution in [1.82, 2.24) is 19.9 Å². The Bertz CT molecular complexity index is 895. The molecule has 0 aliphatic carbocycles. The van der Waals surface area contributed by atoms with Gasteiger partial charge in [-0.3, -0.25) is 9.97 Å². The molecule has 0 aliphatic heterocycles. The molecule has 0 saturated carbocycles.